The number of hydrogen-bond donors (Lipinski definition) is 1. The van der Waals surface area contributed by atoms with E-state index < -0.39 is 0 Å². The number of aromatic nitrogens is 4. The quantitative estimate of drug-likeness (QED) is 0.923. The Labute approximate surface area is 131 Å². The van der Waals surface area contributed by atoms with Crippen molar-refractivity contribution in [2.75, 3.05) is 0 Å². The fraction of sp³-hybridized carbons (Fsp3) is 0.600. The SMILES string of the molecule is CCc1nn(CC)c(CC(N)c2c(C)nn(C)c2C)c1Cl. The second kappa shape index (κ2) is 6.20. The molecule has 0 bridgehead atoms. The molecule has 5 nitrogen and oxygen atoms in total. The fourth-order valence-corrected chi connectivity index (χ4v) is 3.20. The molecule has 0 aromatic carbocycles. The number of nitrogens with two attached hydrogens (primary N) is 1. The Kier molecular flexibility index (Phi) is 4.74. The van der Waals surface area contributed by atoms with Crippen LogP contribution in [-0.4, -0.2) is 19.6 Å². The highest BCUT2D eigenvalue weighted by Gasteiger charge is 2.22. The lowest BCUT2D eigenvalue weighted by Gasteiger charge is -2.14. The molecular formula is C15H24ClN5. The molecule has 21 heavy (non-hydrogen) atoms. The van der Waals surface area contributed by atoms with Crippen LogP contribution in [0.15, 0.2) is 0 Å². The zero-order valence-electron chi connectivity index (χ0n) is 13.4. The molecule has 2 aromatic heterocycles. The van der Waals surface area contributed by atoms with Gasteiger partial charge in [0.15, 0.2) is 0 Å². The molecule has 0 amide bonds. The molecule has 2 rings (SSSR count). The lowest BCUT2D eigenvalue weighted by atomic mass is 10.0. The van der Waals surface area contributed by atoms with Gasteiger partial charge in [0.05, 0.1) is 22.1 Å². The Morgan fingerprint density at radius 1 is 1.24 bits per heavy atom. The van der Waals surface area contributed by atoms with Gasteiger partial charge in [0.2, 0.25) is 0 Å². The highest BCUT2D eigenvalue weighted by atomic mass is 35.5. The summed E-state index contributed by atoms with van der Waals surface area (Å²) < 4.78 is 3.84. The summed E-state index contributed by atoms with van der Waals surface area (Å²) in [6.07, 6.45) is 1.51. The van der Waals surface area contributed by atoms with Crippen molar-refractivity contribution in [1.29, 1.82) is 0 Å². The molecule has 0 aliphatic rings. The van der Waals surface area contributed by atoms with Gasteiger partial charge in [-0.3, -0.25) is 9.36 Å². The third kappa shape index (κ3) is 2.85. The molecule has 2 heterocycles. The van der Waals surface area contributed by atoms with Crippen molar-refractivity contribution in [3.63, 3.8) is 0 Å². The number of halogens is 1. The maximum absolute atomic E-state index is 6.46. The molecule has 0 aliphatic heterocycles. The fourth-order valence-electron chi connectivity index (χ4n) is 2.85. The number of aryl methyl sites for hydroxylation is 4. The second-order valence-electron chi connectivity index (χ2n) is 5.40. The van der Waals surface area contributed by atoms with Crippen molar-refractivity contribution in [2.45, 2.75) is 53.1 Å². The van der Waals surface area contributed by atoms with Crippen molar-refractivity contribution < 1.29 is 0 Å². The van der Waals surface area contributed by atoms with Crippen molar-refractivity contribution in [3.8, 4) is 0 Å². The van der Waals surface area contributed by atoms with Gasteiger partial charge in [-0.05, 0) is 27.2 Å². The van der Waals surface area contributed by atoms with Gasteiger partial charge in [-0.2, -0.15) is 10.2 Å². The summed E-state index contributed by atoms with van der Waals surface area (Å²) in [7, 11) is 1.94. The van der Waals surface area contributed by atoms with Crippen LogP contribution in [0.2, 0.25) is 5.02 Å². The van der Waals surface area contributed by atoms with E-state index in [4.69, 9.17) is 17.3 Å². The molecule has 6 heteroatoms. The summed E-state index contributed by atoms with van der Waals surface area (Å²) in [5, 5.41) is 9.75. The van der Waals surface area contributed by atoms with Crippen LogP contribution < -0.4 is 5.73 Å². The Morgan fingerprint density at radius 3 is 2.38 bits per heavy atom. The first-order valence-electron chi connectivity index (χ1n) is 7.40. The normalized spacial score (nSPS) is 12.9. The maximum Gasteiger partial charge on any atom is 0.0850 e. The zero-order valence-corrected chi connectivity index (χ0v) is 14.2. The van der Waals surface area contributed by atoms with Gasteiger partial charge in [0, 0.05) is 37.3 Å². The Hall–Kier alpha value is -1.33. The zero-order chi connectivity index (χ0) is 15.7. The van der Waals surface area contributed by atoms with E-state index in [9.17, 15) is 0 Å². The number of hydrogen-bond acceptors (Lipinski definition) is 3. The van der Waals surface area contributed by atoms with Crippen LogP contribution in [0.3, 0.4) is 0 Å². The minimum atomic E-state index is -0.122. The first kappa shape index (κ1) is 16.0. The Morgan fingerprint density at radius 2 is 1.90 bits per heavy atom. The Bertz CT molecular complexity index is 641. The molecule has 0 fully saturated rings. The topological polar surface area (TPSA) is 61.7 Å². The molecule has 0 spiro atoms. The molecule has 0 saturated carbocycles. The summed E-state index contributed by atoms with van der Waals surface area (Å²) in [6.45, 7) is 8.97. The lowest BCUT2D eigenvalue weighted by Crippen LogP contribution is -2.18. The minimum absolute atomic E-state index is 0.122. The van der Waals surface area contributed by atoms with Crippen LogP contribution in [0.5, 0.6) is 0 Å². The minimum Gasteiger partial charge on any atom is -0.324 e. The molecule has 0 saturated heterocycles. The second-order valence-corrected chi connectivity index (χ2v) is 5.77. The predicted molar refractivity (Wildman–Crippen MR) is 85.6 cm³/mol. The van der Waals surface area contributed by atoms with Gasteiger partial charge in [0.1, 0.15) is 0 Å². The van der Waals surface area contributed by atoms with Gasteiger partial charge >= 0.3 is 0 Å². The van der Waals surface area contributed by atoms with Crippen molar-refractivity contribution in [1.82, 2.24) is 19.6 Å². The summed E-state index contributed by atoms with van der Waals surface area (Å²) in [4.78, 5) is 0. The number of rotatable bonds is 5. The van der Waals surface area contributed by atoms with Crippen molar-refractivity contribution >= 4 is 11.6 Å². The molecule has 0 aliphatic carbocycles. The third-order valence-corrected chi connectivity index (χ3v) is 4.48. The molecule has 116 valence electrons. The van der Waals surface area contributed by atoms with E-state index in [1.807, 2.05) is 30.3 Å². The molecule has 1 unspecified atom stereocenters. The molecule has 2 N–H and O–H groups in total. The summed E-state index contributed by atoms with van der Waals surface area (Å²) in [6, 6.07) is -0.122. The van der Waals surface area contributed by atoms with Gasteiger partial charge in [-0.25, -0.2) is 0 Å². The molecule has 0 radical (unpaired) electrons. The van der Waals surface area contributed by atoms with Crippen LogP contribution in [-0.2, 0) is 26.4 Å². The van der Waals surface area contributed by atoms with Crippen LogP contribution in [0.25, 0.3) is 0 Å². The van der Waals surface area contributed by atoms with Crippen LogP contribution >= 0.6 is 11.6 Å². The van der Waals surface area contributed by atoms with Gasteiger partial charge in [-0.1, -0.05) is 18.5 Å². The van der Waals surface area contributed by atoms with E-state index in [2.05, 4.69) is 24.0 Å². The van der Waals surface area contributed by atoms with Crippen molar-refractivity contribution in [2.24, 2.45) is 12.8 Å². The van der Waals surface area contributed by atoms with E-state index >= 15 is 0 Å². The van der Waals surface area contributed by atoms with Gasteiger partial charge < -0.3 is 5.73 Å². The van der Waals surface area contributed by atoms with E-state index in [1.54, 1.807) is 0 Å². The predicted octanol–water partition coefficient (Wildman–Crippen LogP) is 2.71. The maximum atomic E-state index is 6.46. The molecular weight excluding hydrogens is 286 g/mol. The van der Waals surface area contributed by atoms with Gasteiger partial charge in [-0.15, -0.1) is 0 Å². The monoisotopic (exact) mass is 309 g/mol. The molecule has 1 atom stereocenters. The highest BCUT2D eigenvalue weighted by molar-refractivity contribution is 6.31. The first-order valence-corrected chi connectivity index (χ1v) is 7.78. The van der Waals surface area contributed by atoms with E-state index in [0.717, 1.165) is 46.3 Å². The van der Waals surface area contributed by atoms with Gasteiger partial charge in [0.25, 0.3) is 0 Å². The standard InChI is InChI=1S/C15H24ClN5/c1-6-12-15(16)13(21(7-2)19-12)8-11(17)14-9(3)18-20(5)10(14)4/h11H,6-8,17H2,1-5H3. The largest absolute Gasteiger partial charge is 0.324 e. The van der Waals surface area contributed by atoms with Crippen molar-refractivity contribution in [3.05, 3.63) is 33.4 Å². The van der Waals surface area contributed by atoms with E-state index in [0.29, 0.717) is 6.42 Å². The summed E-state index contributed by atoms with van der Waals surface area (Å²) in [5.74, 6) is 0. The van der Waals surface area contributed by atoms with Crippen LogP contribution in [0.1, 0.15) is 48.2 Å². The number of nitrogens with zero attached hydrogens (tertiary/aromatic N) is 4. The highest BCUT2D eigenvalue weighted by Crippen LogP contribution is 2.28. The van der Waals surface area contributed by atoms with E-state index in [-0.39, 0.29) is 6.04 Å². The summed E-state index contributed by atoms with van der Waals surface area (Å²) in [5.41, 5.74) is 11.6. The first-order chi connectivity index (χ1) is 9.90. The average molecular weight is 310 g/mol. The van der Waals surface area contributed by atoms with Crippen LogP contribution in [0.4, 0.5) is 0 Å². The van der Waals surface area contributed by atoms with E-state index in [1.165, 1.54) is 0 Å². The third-order valence-electron chi connectivity index (χ3n) is 4.04. The molecule has 2 aromatic rings. The smallest absolute Gasteiger partial charge is 0.0850 e. The lowest BCUT2D eigenvalue weighted by molar-refractivity contribution is 0.583. The average Bonchev–Trinajstić information content (AvgIpc) is 2.88. The Balaban J connectivity index is 2.35. The van der Waals surface area contributed by atoms with Crippen LogP contribution in [0, 0.1) is 13.8 Å². The summed E-state index contributed by atoms with van der Waals surface area (Å²) >= 11 is 6.46.